The number of piperidine rings is 2. The van der Waals surface area contributed by atoms with Crippen molar-refractivity contribution in [2.45, 2.75) is 57.5 Å². The van der Waals surface area contributed by atoms with E-state index in [1.807, 2.05) is 66.7 Å². The van der Waals surface area contributed by atoms with Gasteiger partial charge in [-0.05, 0) is 55.5 Å². The predicted molar refractivity (Wildman–Crippen MR) is 160 cm³/mol. The molecule has 3 aromatic carbocycles. The van der Waals surface area contributed by atoms with Crippen LogP contribution in [0.15, 0.2) is 91.0 Å². The number of benzene rings is 3. The van der Waals surface area contributed by atoms with Gasteiger partial charge in [-0.25, -0.2) is 9.59 Å². The summed E-state index contributed by atoms with van der Waals surface area (Å²) < 4.78 is 10.5. The fourth-order valence-corrected chi connectivity index (χ4v) is 4.91. The predicted octanol–water partition coefficient (Wildman–Crippen LogP) is 5.24. The molecule has 218 valence electrons. The van der Waals surface area contributed by atoms with Crippen LogP contribution in [0.5, 0.6) is 0 Å². The first-order valence-electron chi connectivity index (χ1n) is 14.6. The standard InChI is InChI=1S/C20H24N2O2.C13H18N2O2/c23-20(24-16-18-9-5-2-6-10-18)21-19-11-13-22(14-12-19)15-17-7-3-1-4-8-17;16-13(15-12-6-8-14-9-7-12)17-10-11-4-2-1-3-5-11/h1-10,19H,11-16H2,(H,21,23);1-5,12,14H,6-10H2,(H,15,16). The monoisotopic (exact) mass is 558 g/mol. The summed E-state index contributed by atoms with van der Waals surface area (Å²) in [7, 11) is 0. The first-order chi connectivity index (χ1) is 20.1. The van der Waals surface area contributed by atoms with Gasteiger partial charge in [-0.2, -0.15) is 0 Å². The summed E-state index contributed by atoms with van der Waals surface area (Å²) >= 11 is 0. The molecule has 0 unspecified atom stereocenters. The van der Waals surface area contributed by atoms with E-state index in [2.05, 4.69) is 45.1 Å². The quantitative estimate of drug-likeness (QED) is 0.350. The van der Waals surface area contributed by atoms with E-state index in [1.165, 1.54) is 5.56 Å². The topological polar surface area (TPSA) is 91.9 Å². The Balaban J connectivity index is 0.000000201. The zero-order valence-corrected chi connectivity index (χ0v) is 23.7. The lowest BCUT2D eigenvalue weighted by Gasteiger charge is -2.32. The minimum Gasteiger partial charge on any atom is -0.445 e. The molecule has 0 saturated carbocycles. The van der Waals surface area contributed by atoms with E-state index < -0.39 is 0 Å². The molecule has 3 N–H and O–H groups in total. The normalized spacial score (nSPS) is 16.1. The van der Waals surface area contributed by atoms with Crippen LogP contribution in [-0.4, -0.2) is 55.3 Å². The first kappa shape index (κ1) is 30.1. The number of nitrogens with one attached hydrogen (secondary N) is 3. The third-order valence-corrected chi connectivity index (χ3v) is 7.25. The van der Waals surface area contributed by atoms with Crippen molar-refractivity contribution in [2.75, 3.05) is 26.2 Å². The second kappa shape index (κ2) is 17.0. The number of carbonyl (C=O) groups is 2. The summed E-state index contributed by atoms with van der Waals surface area (Å²) in [6.07, 6.45) is 3.24. The largest absolute Gasteiger partial charge is 0.445 e. The van der Waals surface area contributed by atoms with Gasteiger partial charge in [-0.3, -0.25) is 4.90 Å². The molecule has 0 radical (unpaired) electrons. The highest BCUT2D eigenvalue weighted by Crippen LogP contribution is 2.14. The van der Waals surface area contributed by atoms with E-state index >= 15 is 0 Å². The van der Waals surface area contributed by atoms with Crippen molar-refractivity contribution < 1.29 is 19.1 Å². The minimum atomic E-state index is -0.319. The summed E-state index contributed by atoms with van der Waals surface area (Å²) in [4.78, 5) is 25.9. The molecule has 2 heterocycles. The van der Waals surface area contributed by atoms with Gasteiger partial charge < -0.3 is 25.4 Å². The maximum absolute atomic E-state index is 11.9. The Morgan fingerprint density at radius 2 is 1.05 bits per heavy atom. The Kier molecular flexibility index (Phi) is 12.5. The molecule has 2 amide bonds. The Bertz CT molecular complexity index is 1150. The number of amides is 2. The van der Waals surface area contributed by atoms with Crippen molar-refractivity contribution in [3.05, 3.63) is 108 Å². The van der Waals surface area contributed by atoms with Crippen molar-refractivity contribution in [2.24, 2.45) is 0 Å². The minimum absolute atomic E-state index is 0.209. The molecular weight excluding hydrogens is 516 g/mol. The summed E-state index contributed by atoms with van der Waals surface area (Å²) in [5.74, 6) is 0. The summed E-state index contributed by atoms with van der Waals surface area (Å²) in [5, 5.41) is 9.13. The highest BCUT2D eigenvalue weighted by Gasteiger charge is 2.21. The number of ether oxygens (including phenoxy) is 2. The van der Waals surface area contributed by atoms with Crippen LogP contribution < -0.4 is 16.0 Å². The average molecular weight is 559 g/mol. The van der Waals surface area contributed by atoms with Crippen molar-refractivity contribution >= 4 is 12.2 Å². The zero-order valence-electron chi connectivity index (χ0n) is 23.7. The van der Waals surface area contributed by atoms with E-state index in [0.29, 0.717) is 13.2 Å². The van der Waals surface area contributed by atoms with Gasteiger partial charge in [-0.15, -0.1) is 0 Å². The van der Waals surface area contributed by atoms with E-state index in [9.17, 15) is 9.59 Å². The van der Waals surface area contributed by atoms with Gasteiger partial charge >= 0.3 is 12.2 Å². The second-order valence-electron chi connectivity index (χ2n) is 10.5. The van der Waals surface area contributed by atoms with Gasteiger partial charge in [0.1, 0.15) is 13.2 Å². The van der Waals surface area contributed by atoms with Crippen LogP contribution in [0.1, 0.15) is 42.4 Å². The Hall–Kier alpha value is -3.88. The van der Waals surface area contributed by atoms with Crippen molar-refractivity contribution in [1.29, 1.82) is 0 Å². The first-order valence-corrected chi connectivity index (χ1v) is 14.6. The summed E-state index contributed by atoms with van der Waals surface area (Å²) in [6.45, 7) is 5.55. The van der Waals surface area contributed by atoms with E-state index in [1.54, 1.807) is 0 Å². The van der Waals surface area contributed by atoms with E-state index in [4.69, 9.17) is 9.47 Å². The number of rotatable bonds is 8. The van der Waals surface area contributed by atoms with Crippen molar-refractivity contribution in [3.8, 4) is 0 Å². The number of likely N-dealkylation sites (tertiary alicyclic amines) is 1. The van der Waals surface area contributed by atoms with Crippen LogP contribution in [-0.2, 0) is 29.2 Å². The molecule has 2 fully saturated rings. The Labute approximate surface area is 243 Å². The van der Waals surface area contributed by atoms with Crippen molar-refractivity contribution in [3.63, 3.8) is 0 Å². The lowest BCUT2D eigenvalue weighted by molar-refractivity contribution is 0.125. The summed E-state index contributed by atoms with van der Waals surface area (Å²) in [5.41, 5.74) is 3.35. The number of nitrogens with zero attached hydrogens (tertiary/aromatic N) is 1. The van der Waals surface area contributed by atoms with Crippen molar-refractivity contribution in [1.82, 2.24) is 20.9 Å². The fourth-order valence-electron chi connectivity index (χ4n) is 4.91. The van der Waals surface area contributed by atoms with Crippen LogP contribution in [0.3, 0.4) is 0 Å². The number of hydrogen-bond donors (Lipinski definition) is 3. The third-order valence-electron chi connectivity index (χ3n) is 7.25. The maximum atomic E-state index is 11.9. The van der Waals surface area contributed by atoms with Crippen LogP contribution in [0.2, 0.25) is 0 Å². The second-order valence-corrected chi connectivity index (χ2v) is 10.5. The molecule has 2 aliphatic heterocycles. The van der Waals surface area contributed by atoms with Gasteiger partial charge in [0.25, 0.3) is 0 Å². The Morgan fingerprint density at radius 3 is 1.51 bits per heavy atom. The molecule has 5 rings (SSSR count). The zero-order chi connectivity index (χ0) is 28.5. The molecule has 8 heteroatoms. The molecule has 41 heavy (non-hydrogen) atoms. The molecule has 0 aromatic heterocycles. The van der Waals surface area contributed by atoms with Gasteiger partial charge in [0, 0.05) is 31.7 Å². The molecule has 3 aromatic rings. The van der Waals surface area contributed by atoms with Crippen LogP contribution in [0.4, 0.5) is 9.59 Å². The fraction of sp³-hybridized carbons (Fsp3) is 0.394. The molecule has 0 spiro atoms. The van der Waals surface area contributed by atoms with Gasteiger partial charge in [0.15, 0.2) is 0 Å². The molecule has 0 aliphatic carbocycles. The smallest absolute Gasteiger partial charge is 0.407 e. The molecule has 2 aliphatic rings. The highest BCUT2D eigenvalue weighted by molar-refractivity contribution is 5.68. The Morgan fingerprint density at radius 1 is 0.634 bits per heavy atom. The molecule has 2 saturated heterocycles. The number of carbonyl (C=O) groups excluding carboxylic acids is 2. The molecule has 0 atom stereocenters. The van der Waals surface area contributed by atoms with Crippen LogP contribution in [0.25, 0.3) is 0 Å². The lowest BCUT2D eigenvalue weighted by atomic mass is 10.0. The van der Waals surface area contributed by atoms with Crippen LogP contribution in [0, 0.1) is 0 Å². The van der Waals surface area contributed by atoms with Crippen LogP contribution >= 0.6 is 0 Å². The maximum Gasteiger partial charge on any atom is 0.407 e. The average Bonchev–Trinajstić information content (AvgIpc) is 3.02. The summed E-state index contributed by atoms with van der Waals surface area (Å²) in [6, 6.07) is 30.4. The SMILES string of the molecule is O=C(NC1CCN(Cc2ccccc2)CC1)OCc1ccccc1.O=C(NC1CCNCC1)OCc1ccccc1. The van der Waals surface area contributed by atoms with Gasteiger partial charge in [0.05, 0.1) is 0 Å². The highest BCUT2D eigenvalue weighted by atomic mass is 16.6. The molecule has 8 nitrogen and oxygen atoms in total. The molecular formula is C33H42N4O4. The third kappa shape index (κ3) is 11.6. The number of alkyl carbamates (subject to hydrolysis) is 2. The lowest BCUT2D eigenvalue weighted by Crippen LogP contribution is -2.44. The van der Waals surface area contributed by atoms with Gasteiger partial charge in [0.2, 0.25) is 0 Å². The van der Waals surface area contributed by atoms with Gasteiger partial charge in [-0.1, -0.05) is 91.0 Å². The molecule has 0 bridgehead atoms. The number of hydrogen-bond acceptors (Lipinski definition) is 6. The van der Waals surface area contributed by atoms with E-state index in [-0.39, 0.29) is 24.3 Å². The van der Waals surface area contributed by atoms with E-state index in [0.717, 1.165) is 69.5 Å².